The lowest BCUT2D eigenvalue weighted by Gasteiger charge is -2.12. The van der Waals surface area contributed by atoms with E-state index in [9.17, 15) is 4.79 Å². The molecule has 27 heavy (non-hydrogen) atoms. The van der Waals surface area contributed by atoms with Gasteiger partial charge in [0.15, 0.2) is 0 Å². The van der Waals surface area contributed by atoms with Crippen molar-refractivity contribution < 1.29 is 4.52 Å². The lowest BCUT2D eigenvalue weighted by Crippen LogP contribution is -2.25. The summed E-state index contributed by atoms with van der Waals surface area (Å²) in [5.74, 6) is 0.921. The summed E-state index contributed by atoms with van der Waals surface area (Å²) in [5.41, 5.74) is 1.81. The highest BCUT2D eigenvalue weighted by Crippen LogP contribution is 2.29. The molecule has 4 aromatic heterocycles. The maximum Gasteiger partial charge on any atom is 0.262 e. The number of pyridine rings is 1. The zero-order valence-corrected chi connectivity index (χ0v) is 15.2. The van der Waals surface area contributed by atoms with Gasteiger partial charge in [-0.1, -0.05) is 11.2 Å². The third-order valence-corrected chi connectivity index (χ3v) is 5.77. The van der Waals surface area contributed by atoms with E-state index in [1.165, 1.54) is 4.88 Å². The fourth-order valence-electron chi connectivity index (χ4n) is 3.28. The Morgan fingerprint density at radius 2 is 2.26 bits per heavy atom. The summed E-state index contributed by atoms with van der Waals surface area (Å²) in [7, 11) is 0. The maximum absolute atomic E-state index is 12.9. The molecule has 0 amide bonds. The molecule has 0 aliphatic carbocycles. The van der Waals surface area contributed by atoms with Crippen LogP contribution in [0.3, 0.4) is 0 Å². The van der Waals surface area contributed by atoms with Crippen molar-refractivity contribution in [2.45, 2.75) is 25.9 Å². The summed E-state index contributed by atoms with van der Waals surface area (Å²) in [4.78, 5) is 28.0. The van der Waals surface area contributed by atoms with E-state index in [-0.39, 0.29) is 5.56 Å². The van der Waals surface area contributed by atoms with Crippen molar-refractivity contribution in [3.63, 3.8) is 0 Å². The second-order valence-corrected chi connectivity index (χ2v) is 7.41. The van der Waals surface area contributed by atoms with Crippen LogP contribution in [0.15, 0.2) is 40.0 Å². The summed E-state index contributed by atoms with van der Waals surface area (Å²) in [5, 5.41) is 8.07. The van der Waals surface area contributed by atoms with Gasteiger partial charge in [0.1, 0.15) is 10.5 Å². The molecule has 1 aliphatic heterocycles. The maximum atomic E-state index is 12.9. The van der Waals surface area contributed by atoms with Crippen LogP contribution in [0.5, 0.6) is 0 Å². The first kappa shape index (κ1) is 16.3. The average molecular weight is 380 g/mol. The fourth-order valence-corrected chi connectivity index (χ4v) is 4.43. The van der Waals surface area contributed by atoms with Gasteiger partial charge in [0.05, 0.1) is 11.7 Å². The van der Waals surface area contributed by atoms with Gasteiger partial charge in [-0.25, -0.2) is 4.98 Å². The largest absolute Gasteiger partial charge is 0.339 e. The molecule has 0 bridgehead atoms. The summed E-state index contributed by atoms with van der Waals surface area (Å²) >= 11 is 1.60. The molecule has 9 heteroatoms. The number of rotatable bonds is 4. The number of aryl methyl sites for hydroxylation is 2. The van der Waals surface area contributed by atoms with Gasteiger partial charge in [0.25, 0.3) is 5.56 Å². The first-order valence-electron chi connectivity index (χ1n) is 8.74. The second-order valence-electron chi connectivity index (χ2n) is 6.33. The Bertz CT molecular complexity index is 1160. The molecule has 8 nitrogen and oxygen atoms in total. The number of fused-ring (bicyclic) bond motifs is 3. The van der Waals surface area contributed by atoms with E-state index in [2.05, 4.69) is 25.4 Å². The zero-order valence-electron chi connectivity index (χ0n) is 14.4. The quantitative estimate of drug-likeness (QED) is 0.576. The highest BCUT2D eigenvalue weighted by atomic mass is 32.1. The molecule has 136 valence electrons. The number of nitrogens with one attached hydrogen (secondary N) is 1. The smallest absolute Gasteiger partial charge is 0.262 e. The normalized spacial score (nSPS) is 13.8. The van der Waals surface area contributed by atoms with Crippen LogP contribution >= 0.6 is 11.3 Å². The summed E-state index contributed by atoms with van der Waals surface area (Å²) in [6.07, 6.45) is 4.62. The molecule has 0 saturated carbocycles. The molecular formula is C18H16N6O2S. The summed E-state index contributed by atoms with van der Waals surface area (Å²) in [6.45, 7) is 2.15. The molecule has 0 saturated heterocycles. The van der Waals surface area contributed by atoms with Crippen molar-refractivity contribution in [1.29, 1.82) is 0 Å². The summed E-state index contributed by atoms with van der Waals surface area (Å²) < 4.78 is 6.93. The number of aromatic nitrogens is 5. The van der Waals surface area contributed by atoms with E-state index < -0.39 is 0 Å². The molecule has 5 heterocycles. The van der Waals surface area contributed by atoms with Crippen LogP contribution in [0.1, 0.15) is 16.3 Å². The molecule has 0 aromatic carbocycles. The predicted molar refractivity (Wildman–Crippen MR) is 101 cm³/mol. The minimum absolute atomic E-state index is 0.00358. The van der Waals surface area contributed by atoms with Gasteiger partial charge in [0.2, 0.25) is 11.7 Å². The van der Waals surface area contributed by atoms with Crippen LogP contribution < -0.4 is 10.9 Å². The molecule has 0 radical (unpaired) electrons. The van der Waals surface area contributed by atoms with Crippen LogP contribution in [-0.4, -0.2) is 31.2 Å². The topological polar surface area (TPSA) is 98.7 Å². The predicted octanol–water partition coefficient (Wildman–Crippen LogP) is 1.79. The van der Waals surface area contributed by atoms with E-state index >= 15 is 0 Å². The van der Waals surface area contributed by atoms with Crippen molar-refractivity contribution in [2.75, 3.05) is 6.54 Å². The third kappa shape index (κ3) is 2.94. The van der Waals surface area contributed by atoms with E-state index in [0.717, 1.165) is 35.3 Å². The SMILES string of the molecule is O=c1c2c3c(sc2ncn1CCc1nc(-c2ccccn2)no1)CNCC3. The van der Waals surface area contributed by atoms with Crippen molar-refractivity contribution >= 4 is 21.6 Å². The third-order valence-electron chi connectivity index (χ3n) is 4.63. The molecular weight excluding hydrogens is 364 g/mol. The van der Waals surface area contributed by atoms with E-state index in [4.69, 9.17) is 4.52 Å². The number of hydrogen-bond donors (Lipinski definition) is 1. The van der Waals surface area contributed by atoms with Crippen molar-refractivity contribution in [3.8, 4) is 11.5 Å². The minimum atomic E-state index is 0.00358. The standard InChI is InChI=1S/C18H16N6O2S/c25-18-15-11-4-7-19-9-13(11)27-17(15)21-10-24(18)8-5-14-22-16(23-26-14)12-3-1-2-6-20-12/h1-3,6,10,19H,4-5,7-9H2. The molecule has 0 fully saturated rings. The monoisotopic (exact) mass is 380 g/mol. The van der Waals surface area contributed by atoms with Crippen LogP contribution in [-0.2, 0) is 25.9 Å². The Hall–Kier alpha value is -2.91. The molecule has 4 aromatic rings. The Balaban J connectivity index is 1.40. The van der Waals surface area contributed by atoms with Gasteiger partial charge in [-0.3, -0.25) is 14.3 Å². The molecule has 1 aliphatic rings. The Morgan fingerprint density at radius 1 is 1.30 bits per heavy atom. The lowest BCUT2D eigenvalue weighted by atomic mass is 10.1. The van der Waals surface area contributed by atoms with Gasteiger partial charge < -0.3 is 9.84 Å². The first-order valence-corrected chi connectivity index (χ1v) is 9.55. The zero-order chi connectivity index (χ0) is 18.2. The van der Waals surface area contributed by atoms with Gasteiger partial charge in [0, 0.05) is 30.6 Å². The van der Waals surface area contributed by atoms with Gasteiger partial charge >= 0.3 is 0 Å². The molecule has 0 atom stereocenters. The minimum Gasteiger partial charge on any atom is -0.339 e. The second kappa shape index (κ2) is 6.67. The van der Waals surface area contributed by atoms with Crippen molar-refractivity contribution in [2.24, 2.45) is 0 Å². The first-order chi connectivity index (χ1) is 13.3. The Kier molecular flexibility index (Phi) is 4.02. The molecule has 5 rings (SSSR count). The van der Waals surface area contributed by atoms with Crippen LogP contribution in [0.4, 0.5) is 0 Å². The van der Waals surface area contributed by atoms with Crippen LogP contribution in [0, 0.1) is 0 Å². The highest BCUT2D eigenvalue weighted by Gasteiger charge is 2.20. The molecule has 0 spiro atoms. The number of thiophene rings is 1. The number of nitrogens with zero attached hydrogens (tertiary/aromatic N) is 5. The highest BCUT2D eigenvalue weighted by molar-refractivity contribution is 7.18. The van der Waals surface area contributed by atoms with E-state index in [0.29, 0.717) is 30.4 Å². The van der Waals surface area contributed by atoms with Crippen molar-refractivity contribution in [3.05, 3.63) is 57.4 Å². The lowest BCUT2D eigenvalue weighted by molar-refractivity contribution is 0.371. The summed E-state index contributed by atoms with van der Waals surface area (Å²) in [6, 6.07) is 5.53. The average Bonchev–Trinajstić information content (AvgIpc) is 3.33. The van der Waals surface area contributed by atoms with Crippen molar-refractivity contribution in [1.82, 2.24) is 30.0 Å². The fraction of sp³-hybridized carbons (Fsp3) is 0.278. The number of hydrogen-bond acceptors (Lipinski definition) is 8. The van der Waals surface area contributed by atoms with E-state index in [1.807, 2.05) is 18.2 Å². The Labute approximate surface area is 157 Å². The van der Waals surface area contributed by atoms with Crippen LogP contribution in [0.2, 0.25) is 0 Å². The van der Waals surface area contributed by atoms with Gasteiger partial charge in [-0.05, 0) is 30.7 Å². The van der Waals surface area contributed by atoms with Gasteiger partial charge in [-0.15, -0.1) is 11.3 Å². The molecule has 1 N–H and O–H groups in total. The van der Waals surface area contributed by atoms with Crippen LogP contribution in [0.25, 0.3) is 21.7 Å². The molecule has 0 unspecified atom stereocenters. The van der Waals surface area contributed by atoms with E-state index in [1.54, 1.807) is 28.4 Å². The Morgan fingerprint density at radius 3 is 3.15 bits per heavy atom. The van der Waals surface area contributed by atoms with Gasteiger partial charge in [-0.2, -0.15) is 4.98 Å².